The van der Waals surface area contributed by atoms with Crippen LogP contribution in [0.1, 0.15) is 6.92 Å². The molecule has 17 heavy (non-hydrogen) atoms. The zero-order valence-corrected chi connectivity index (χ0v) is 9.60. The molecule has 1 aliphatic heterocycles. The van der Waals surface area contributed by atoms with E-state index in [4.69, 9.17) is 4.74 Å². The molecule has 0 spiro atoms. The molecule has 1 heterocycles. The largest absolute Gasteiger partial charge is 0.487 e. The summed E-state index contributed by atoms with van der Waals surface area (Å²) < 4.78 is 5.27. The monoisotopic (exact) mass is 237 g/mol. The van der Waals surface area contributed by atoms with E-state index < -0.39 is 4.92 Å². The summed E-state index contributed by atoms with van der Waals surface area (Å²) in [7, 11) is 0. The van der Waals surface area contributed by atoms with Crippen molar-refractivity contribution in [2.24, 2.45) is 0 Å². The Labute approximate surface area is 99.1 Å². The average Bonchev–Trinajstić information content (AvgIpc) is 2.24. The zero-order valence-electron chi connectivity index (χ0n) is 9.60. The quantitative estimate of drug-likeness (QED) is 0.597. The second kappa shape index (κ2) is 5.01. The maximum absolute atomic E-state index is 10.8. The lowest BCUT2D eigenvalue weighted by Gasteiger charge is -2.29. The van der Waals surface area contributed by atoms with Gasteiger partial charge in [0.25, 0.3) is 0 Å². The van der Waals surface area contributed by atoms with Gasteiger partial charge in [0, 0.05) is 30.9 Å². The van der Waals surface area contributed by atoms with E-state index in [0.29, 0.717) is 18.4 Å². The number of benzene rings is 1. The Kier molecular flexibility index (Phi) is 3.43. The fourth-order valence-electron chi connectivity index (χ4n) is 1.65. The molecule has 2 rings (SSSR count). The van der Waals surface area contributed by atoms with Crippen LogP contribution in [0.2, 0.25) is 0 Å². The van der Waals surface area contributed by atoms with Crippen LogP contribution >= 0.6 is 0 Å². The number of rotatable bonds is 5. The van der Waals surface area contributed by atoms with Gasteiger partial charge in [0.05, 0.1) is 17.6 Å². The first-order valence-electron chi connectivity index (χ1n) is 5.59. The van der Waals surface area contributed by atoms with E-state index in [0.717, 1.165) is 18.8 Å². The van der Waals surface area contributed by atoms with E-state index in [9.17, 15) is 10.1 Å². The first-order valence-corrected chi connectivity index (χ1v) is 5.59. The predicted molar refractivity (Wildman–Crippen MR) is 64.5 cm³/mol. The fourth-order valence-corrected chi connectivity index (χ4v) is 1.65. The standard InChI is InChI=1S/C11H15N3O3/c1-2-17-11-5-8(13-9-6-12-7-9)3-4-10(11)14(15)16/h3-5,9,12-13H,2,6-7H2,1H3. The zero-order chi connectivity index (χ0) is 12.3. The lowest BCUT2D eigenvalue weighted by molar-refractivity contribution is -0.385. The first-order chi connectivity index (χ1) is 8.20. The smallest absolute Gasteiger partial charge is 0.311 e. The molecule has 1 aliphatic rings. The summed E-state index contributed by atoms with van der Waals surface area (Å²) in [5.74, 6) is 0.315. The van der Waals surface area contributed by atoms with Gasteiger partial charge in [-0.25, -0.2) is 0 Å². The summed E-state index contributed by atoms with van der Waals surface area (Å²) in [5, 5.41) is 17.2. The van der Waals surface area contributed by atoms with Crippen LogP contribution in [0.15, 0.2) is 18.2 Å². The highest BCUT2D eigenvalue weighted by Crippen LogP contribution is 2.30. The van der Waals surface area contributed by atoms with Crippen LogP contribution in [0.5, 0.6) is 5.75 Å². The molecular weight excluding hydrogens is 222 g/mol. The Morgan fingerprint density at radius 2 is 2.35 bits per heavy atom. The number of nitrogens with zero attached hydrogens (tertiary/aromatic N) is 1. The van der Waals surface area contributed by atoms with Gasteiger partial charge in [0.15, 0.2) is 5.75 Å². The van der Waals surface area contributed by atoms with Crippen molar-refractivity contribution in [2.75, 3.05) is 25.0 Å². The molecule has 0 bridgehead atoms. The molecule has 1 fully saturated rings. The highest BCUT2D eigenvalue weighted by Gasteiger charge is 2.19. The molecule has 1 aromatic carbocycles. The van der Waals surface area contributed by atoms with Crippen molar-refractivity contribution in [1.29, 1.82) is 0 Å². The van der Waals surface area contributed by atoms with Crippen molar-refractivity contribution >= 4 is 11.4 Å². The number of nitrogens with one attached hydrogen (secondary N) is 2. The van der Waals surface area contributed by atoms with Gasteiger partial charge < -0.3 is 15.4 Å². The number of nitro groups is 1. The number of ether oxygens (including phenoxy) is 1. The van der Waals surface area contributed by atoms with E-state index in [1.54, 1.807) is 19.1 Å². The average molecular weight is 237 g/mol. The molecule has 1 aromatic rings. The summed E-state index contributed by atoms with van der Waals surface area (Å²) in [4.78, 5) is 10.4. The highest BCUT2D eigenvalue weighted by atomic mass is 16.6. The molecule has 92 valence electrons. The molecule has 2 N–H and O–H groups in total. The Bertz CT molecular complexity index is 418. The summed E-state index contributed by atoms with van der Waals surface area (Å²) in [5.41, 5.74) is 0.856. The topological polar surface area (TPSA) is 76.4 Å². The predicted octanol–water partition coefficient (Wildman–Crippen LogP) is 1.38. The highest BCUT2D eigenvalue weighted by molar-refractivity contribution is 5.58. The summed E-state index contributed by atoms with van der Waals surface area (Å²) >= 11 is 0. The minimum Gasteiger partial charge on any atom is -0.487 e. The SMILES string of the molecule is CCOc1cc(NC2CNC2)ccc1[N+](=O)[O-]. The second-order valence-corrected chi connectivity index (χ2v) is 3.87. The molecule has 1 saturated heterocycles. The van der Waals surface area contributed by atoms with E-state index in [1.807, 2.05) is 0 Å². The minimum atomic E-state index is -0.431. The van der Waals surface area contributed by atoms with Crippen molar-refractivity contribution in [2.45, 2.75) is 13.0 Å². The third-order valence-corrected chi connectivity index (χ3v) is 2.61. The number of hydrogen-bond donors (Lipinski definition) is 2. The molecule has 0 unspecified atom stereocenters. The Morgan fingerprint density at radius 3 is 2.88 bits per heavy atom. The molecule has 0 amide bonds. The normalized spacial score (nSPS) is 15.1. The van der Waals surface area contributed by atoms with E-state index in [-0.39, 0.29) is 5.69 Å². The maximum atomic E-state index is 10.8. The van der Waals surface area contributed by atoms with Gasteiger partial charge in [0.2, 0.25) is 0 Å². The number of hydrogen-bond acceptors (Lipinski definition) is 5. The Balaban J connectivity index is 2.17. The van der Waals surface area contributed by atoms with Gasteiger partial charge in [-0.05, 0) is 13.0 Å². The lowest BCUT2D eigenvalue weighted by Crippen LogP contribution is -2.51. The second-order valence-electron chi connectivity index (χ2n) is 3.87. The van der Waals surface area contributed by atoms with Crippen LogP contribution in [0.3, 0.4) is 0 Å². The first kappa shape index (κ1) is 11.7. The molecule has 0 saturated carbocycles. The lowest BCUT2D eigenvalue weighted by atomic mass is 10.1. The van der Waals surface area contributed by atoms with E-state index >= 15 is 0 Å². The third-order valence-electron chi connectivity index (χ3n) is 2.61. The van der Waals surface area contributed by atoms with Crippen LogP contribution in [0.4, 0.5) is 11.4 Å². The van der Waals surface area contributed by atoms with Crippen molar-refractivity contribution in [3.8, 4) is 5.75 Å². The number of anilines is 1. The van der Waals surface area contributed by atoms with E-state index in [2.05, 4.69) is 10.6 Å². The van der Waals surface area contributed by atoms with Gasteiger partial charge in [0.1, 0.15) is 0 Å². The minimum absolute atomic E-state index is 0.00383. The maximum Gasteiger partial charge on any atom is 0.311 e. The van der Waals surface area contributed by atoms with Crippen molar-refractivity contribution in [3.05, 3.63) is 28.3 Å². The molecule has 6 heteroatoms. The van der Waals surface area contributed by atoms with Gasteiger partial charge in [-0.15, -0.1) is 0 Å². The Morgan fingerprint density at radius 1 is 1.59 bits per heavy atom. The van der Waals surface area contributed by atoms with Crippen LogP contribution in [0.25, 0.3) is 0 Å². The number of nitro benzene ring substituents is 1. The van der Waals surface area contributed by atoms with Gasteiger partial charge >= 0.3 is 5.69 Å². The van der Waals surface area contributed by atoms with Gasteiger partial charge in [-0.2, -0.15) is 0 Å². The van der Waals surface area contributed by atoms with Crippen LogP contribution < -0.4 is 15.4 Å². The van der Waals surface area contributed by atoms with Crippen molar-refractivity contribution < 1.29 is 9.66 Å². The fraction of sp³-hybridized carbons (Fsp3) is 0.455. The van der Waals surface area contributed by atoms with Crippen molar-refractivity contribution in [1.82, 2.24) is 5.32 Å². The summed E-state index contributed by atoms with van der Waals surface area (Å²) in [6.45, 7) is 4.05. The van der Waals surface area contributed by atoms with E-state index in [1.165, 1.54) is 6.07 Å². The molecular formula is C11H15N3O3. The van der Waals surface area contributed by atoms with Gasteiger partial charge in [-0.3, -0.25) is 10.1 Å². The molecule has 0 aromatic heterocycles. The summed E-state index contributed by atoms with van der Waals surface area (Å²) in [6.07, 6.45) is 0. The van der Waals surface area contributed by atoms with Crippen molar-refractivity contribution in [3.63, 3.8) is 0 Å². The van der Waals surface area contributed by atoms with Crippen LogP contribution in [0, 0.1) is 10.1 Å². The van der Waals surface area contributed by atoms with Crippen LogP contribution in [-0.2, 0) is 0 Å². The Hall–Kier alpha value is -1.82. The summed E-state index contributed by atoms with van der Waals surface area (Å²) in [6, 6.07) is 5.25. The molecule has 6 nitrogen and oxygen atoms in total. The van der Waals surface area contributed by atoms with Crippen LogP contribution in [-0.4, -0.2) is 30.7 Å². The third kappa shape index (κ3) is 2.65. The molecule has 0 aliphatic carbocycles. The molecule has 0 atom stereocenters. The van der Waals surface area contributed by atoms with Gasteiger partial charge in [-0.1, -0.05) is 0 Å². The molecule has 0 radical (unpaired) electrons.